The van der Waals surface area contributed by atoms with E-state index in [2.05, 4.69) is 44.3 Å². The van der Waals surface area contributed by atoms with E-state index in [1.54, 1.807) is 12.1 Å². The fraction of sp³-hybridized carbons (Fsp3) is 0.278. The normalized spacial score (nSPS) is 12.0. The Morgan fingerprint density at radius 3 is 2.38 bits per heavy atom. The molecule has 1 atom stereocenters. The van der Waals surface area contributed by atoms with Crippen LogP contribution in [0.15, 0.2) is 36.4 Å². The molecule has 3 heteroatoms. The van der Waals surface area contributed by atoms with Crippen LogP contribution in [0.3, 0.4) is 0 Å². The summed E-state index contributed by atoms with van der Waals surface area (Å²) in [5.41, 5.74) is 5.97. The van der Waals surface area contributed by atoms with Crippen molar-refractivity contribution in [2.75, 3.05) is 5.32 Å². The number of carbonyl (C=O) groups is 1. The molecule has 0 spiro atoms. The second-order valence-electron chi connectivity index (χ2n) is 5.56. The number of rotatable bonds is 4. The molecule has 0 aliphatic heterocycles. The van der Waals surface area contributed by atoms with E-state index in [0.29, 0.717) is 5.56 Å². The summed E-state index contributed by atoms with van der Waals surface area (Å²) in [7, 11) is 0. The van der Waals surface area contributed by atoms with Gasteiger partial charge in [-0.05, 0) is 62.6 Å². The zero-order chi connectivity index (χ0) is 15.6. The van der Waals surface area contributed by atoms with Gasteiger partial charge in [0, 0.05) is 11.7 Å². The molecule has 21 heavy (non-hydrogen) atoms. The molecule has 2 rings (SSSR count). The summed E-state index contributed by atoms with van der Waals surface area (Å²) >= 11 is 0. The van der Waals surface area contributed by atoms with Crippen molar-refractivity contribution in [1.82, 2.24) is 0 Å². The molecule has 3 nitrogen and oxygen atoms in total. The molecule has 0 aliphatic carbocycles. The third-order valence-electron chi connectivity index (χ3n) is 3.75. The van der Waals surface area contributed by atoms with Crippen molar-refractivity contribution in [3.8, 4) is 0 Å². The Kier molecular flexibility index (Phi) is 4.32. The van der Waals surface area contributed by atoms with Gasteiger partial charge in [-0.2, -0.15) is 0 Å². The van der Waals surface area contributed by atoms with Crippen LogP contribution >= 0.6 is 0 Å². The lowest BCUT2D eigenvalue weighted by molar-refractivity contribution is 0.0697. The van der Waals surface area contributed by atoms with Crippen LogP contribution in [-0.4, -0.2) is 11.1 Å². The Morgan fingerprint density at radius 2 is 1.76 bits per heavy atom. The summed E-state index contributed by atoms with van der Waals surface area (Å²) in [6.07, 6.45) is 0. The van der Waals surface area contributed by atoms with E-state index in [1.807, 2.05) is 13.0 Å². The molecule has 0 radical (unpaired) electrons. The highest BCUT2D eigenvalue weighted by molar-refractivity contribution is 5.88. The number of anilines is 1. The molecule has 0 heterocycles. The summed E-state index contributed by atoms with van der Waals surface area (Å²) in [5, 5.41) is 12.5. The van der Waals surface area contributed by atoms with Gasteiger partial charge in [0.1, 0.15) is 0 Å². The van der Waals surface area contributed by atoms with Crippen molar-refractivity contribution in [1.29, 1.82) is 0 Å². The molecule has 0 unspecified atom stereocenters. The molecule has 0 saturated carbocycles. The first-order valence-electron chi connectivity index (χ1n) is 7.06. The van der Waals surface area contributed by atoms with Gasteiger partial charge in [0.05, 0.1) is 5.56 Å². The Balaban J connectivity index is 2.25. The minimum absolute atomic E-state index is 0.166. The van der Waals surface area contributed by atoms with Gasteiger partial charge in [-0.25, -0.2) is 4.79 Å². The second-order valence-corrected chi connectivity index (χ2v) is 5.56. The Bertz CT molecular complexity index is 677. The van der Waals surface area contributed by atoms with E-state index >= 15 is 0 Å². The highest BCUT2D eigenvalue weighted by Crippen LogP contribution is 2.25. The molecule has 0 bridgehead atoms. The largest absolute Gasteiger partial charge is 0.478 e. The number of hydrogen-bond donors (Lipinski definition) is 2. The average molecular weight is 283 g/mol. The van der Waals surface area contributed by atoms with Crippen molar-refractivity contribution in [2.45, 2.75) is 33.7 Å². The van der Waals surface area contributed by atoms with Crippen molar-refractivity contribution in [2.24, 2.45) is 0 Å². The van der Waals surface area contributed by atoms with E-state index in [9.17, 15) is 4.79 Å². The maximum absolute atomic E-state index is 11.0. The predicted octanol–water partition coefficient (Wildman–Crippen LogP) is 4.48. The Labute approximate surface area is 125 Å². The summed E-state index contributed by atoms with van der Waals surface area (Å²) in [6.45, 7) is 8.23. The van der Waals surface area contributed by atoms with Crippen molar-refractivity contribution in [3.63, 3.8) is 0 Å². The first-order valence-corrected chi connectivity index (χ1v) is 7.06. The molecule has 0 fully saturated rings. The SMILES string of the molecule is Cc1ccc(C)c([C@@H](C)Nc2ccc(C(=O)O)cc2C)c1. The predicted molar refractivity (Wildman–Crippen MR) is 86.1 cm³/mol. The lowest BCUT2D eigenvalue weighted by atomic mass is 9.99. The van der Waals surface area contributed by atoms with E-state index in [0.717, 1.165) is 11.3 Å². The minimum Gasteiger partial charge on any atom is -0.478 e. The Hall–Kier alpha value is -2.29. The summed E-state index contributed by atoms with van der Waals surface area (Å²) in [4.78, 5) is 11.0. The number of aromatic carboxylic acids is 1. The van der Waals surface area contributed by atoms with Crippen molar-refractivity contribution in [3.05, 3.63) is 64.2 Å². The number of hydrogen-bond acceptors (Lipinski definition) is 2. The minimum atomic E-state index is -0.896. The highest BCUT2D eigenvalue weighted by Gasteiger charge is 2.11. The molecule has 0 aromatic heterocycles. The maximum atomic E-state index is 11.0. The van der Waals surface area contributed by atoms with Crippen LogP contribution in [0.1, 0.15) is 45.6 Å². The standard InChI is InChI=1S/C18H21NO2/c1-11-5-6-12(2)16(9-11)14(4)19-17-8-7-15(18(20)21)10-13(17)3/h5-10,14,19H,1-4H3,(H,20,21)/t14-/m1/s1. The molecule has 2 N–H and O–H groups in total. The third kappa shape index (κ3) is 3.43. The first-order chi connectivity index (χ1) is 9.88. The number of nitrogens with one attached hydrogen (secondary N) is 1. The van der Waals surface area contributed by atoms with Gasteiger partial charge in [0.2, 0.25) is 0 Å². The van der Waals surface area contributed by atoms with E-state index in [4.69, 9.17) is 5.11 Å². The van der Waals surface area contributed by atoms with Gasteiger partial charge in [0.25, 0.3) is 0 Å². The lowest BCUT2D eigenvalue weighted by Crippen LogP contribution is -2.10. The smallest absolute Gasteiger partial charge is 0.335 e. The zero-order valence-electron chi connectivity index (χ0n) is 12.9. The number of aryl methyl sites for hydroxylation is 3. The van der Waals surface area contributed by atoms with Gasteiger partial charge in [0.15, 0.2) is 0 Å². The van der Waals surface area contributed by atoms with Gasteiger partial charge < -0.3 is 10.4 Å². The fourth-order valence-corrected chi connectivity index (χ4v) is 2.50. The van der Waals surface area contributed by atoms with Crippen LogP contribution in [0.25, 0.3) is 0 Å². The molecule has 0 saturated heterocycles. The van der Waals surface area contributed by atoms with Crippen molar-refractivity contribution < 1.29 is 9.90 Å². The van der Waals surface area contributed by atoms with Crippen LogP contribution in [-0.2, 0) is 0 Å². The van der Waals surface area contributed by atoms with Crippen molar-refractivity contribution >= 4 is 11.7 Å². The summed E-state index contributed by atoms with van der Waals surface area (Å²) in [5.74, 6) is -0.896. The number of benzene rings is 2. The van der Waals surface area contributed by atoms with Gasteiger partial charge >= 0.3 is 5.97 Å². The maximum Gasteiger partial charge on any atom is 0.335 e. The first kappa shape index (κ1) is 15.1. The Morgan fingerprint density at radius 1 is 1.05 bits per heavy atom. The van der Waals surface area contributed by atoms with Gasteiger partial charge in [-0.3, -0.25) is 0 Å². The van der Waals surface area contributed by atoms with E-state index in [1.165, 1.54) is 16.7 Å². The zero-order valence-corrected chi connectivity index (χ0v) is 12.9. The summed E-state index contributed by atoms with van der Waals surface area (Å²) in [6, 6.07) is 11.8. The quantitative estimate of drug-likeness (QED) is 0.869. The molecule has 2 aromatic carbocycles. The lowest BCUT2D eigenvalue weighted by Gasteiger charge is -2.20. The molecule has 0 amide bonds. The molecule has 110 valence electrons. The summed E-state index contributed by atoms with van der Waals surface area (Å²) < 4.78 is 0. The average Bonchev–Trinajstić information content (AvgIpc) is 2.43. The monoisotopic (exact) mass is 283 g/mol. The van der Waals surface area contributed by atoms with Gasteiger partial charge in [-0.1, -0.05) is 23.8 Å². The van der Waals surface area contributed by atoms with Crippen LogP contribution in [0.2, 0.25) is 0 Å². The number of carboxylic acids is 1. The van der Waals surface area contributed by atoms with Crippen LogP contribution in [0, 0.1) is 20.8 Å². The highest BCUT2D eigenvalue weighted by atomic mass is 16.4. The van der Waals surface area contributed by atoms with Gasteiger partial charge in [-0.15, -0.1) is 0 Å². The van der Waals surface area contributed by atoms with Crippen LogP contribution in [0.5, 0.6) is 0 Å². The second kappa shape index (κ2) is 6.00. The molecule has 0 aliphatic rings. The third-order valence-corrected chi connectivity index (χ3v) is 3.75. The fourth-order valence-electron chi connectivity index (χ4n) is 2.50. The molecular formula is C18H21NO2. The van der Waals surface area contributed by atoms with E-state index in [-0.39, 0.29) is 6.04 Å². The van der Waals surface area contributed by atoms with Crippen LogP contribution < -0.4 is 5.32 Å². The van der Waals surface area contributed by atoms with E-state index < -0.39 is 5.97 Å². The topological polar surface area (TPSA) is 49.3 Å². The number of carboxylic acid groups (broad SMARTS) is 1. The van der Waals surface area contributed by atoms with Crippen LogP contribution in [0.4, 0.5) is 5.69 Å². The molecular weight excluding hydrogens is 262 g/mol. The molecule has 2 aromatic rings.